The summed E-state index contributed by atoms with van der Waals surface area (Å²) in [5.74, 6) is 1.79. The summed E-state index contributed by atoms with van der Waals surface area (Å²) < 4.78 is 6.97. The fraction of sp³-hybridized carbons (Fsp3) is 0.200. The van der Waals surface area contributed by atoms with Crippen LogP contribution in [-0.2, 0) is 0 Å². The molecule has 1 atom stereocenters. The highest BCUT2D eigenvalue weighted by Crippen LogP contribution is 2.32. The van der Waals surface area contributed by atoms with Crippen molar-refractivity contribution in [3.05, 3.63) is 58.4 Å². The van der Waals surface area contributed by atoms with E-state index in [1.807, 2.05) is 26.0 Å². The molecule has 3 heteroatoms. The lowest BCUT2D eigenvalue weighted by atomic mass is 10.1. The molecule has 0 bridgehead atoms. The first-order valence-electron chi connectivity index (χ1n) is 5.96. The van der Waals surface area contributed by atoms with Crippen LogP contribution in [0.3, 0.4) is 0 Å². The molecule has 2 nitrogen and oxygen atoms in total. The van der Waals surface area contributed by atoms with Gasteiger partial charge in [0, 0.05) is 9.58 Å². The zero-order valence-corrected chi connectivity index (χ0v) is 11.3. The van der Waals surface area contributed by atoms with Crippen LogP contribution in [0.15, 0.2) is 40.8 Å². The van der Waals surface area contributed by atoms with Crippen molar-refractivity contribution in [2.24, 2.45) is 5.73 Å². The lowest BCUT2D eigenvalue weighted by Crippen LogP contribution is -2.08. The van der Waals surface area contributed by atoms with Gasteiger partial charge in [-0.05, 0) is 43.0 Å². The molecule has 2 heterocycles. The Bertz CT molecular complexity index is 643. The molecule has 0 aliphatic heterocycles. The topological polar surface area (TPSA) is 39.2 Å². The Kier molecular flexibility index (Phi) is 2.73. The molecule has 18 heavy (non-hydrogen) atoms. The third-order valence-corrected chi connectivity index (χ3v) is 4.44. The fourth-order valence-corrected chi connectivity index (χ4v) is 3.13. The molecule has 1 aromatic carbocycles. The second-order valence-corrected chi connectivity index (χ2v) is 5.67. The first kappa shape index (κ1) is 11.5. The third kappa shape index (κ3) is 1.85. The first-order chi connectivity index (χ1) is 8.65. The van der Waals surface area contributed by atoms with E-state index in [0.717, 1.165) is 22.0 Å². The lowest BCUT2D eigenvalue weighted by molar-refractivity contribution is 0.467. The number of rotatable bonds is 2. The van der Waals surface area contributed by atoms with Crippen LogP contribution >= 0.6 is 11.3 Å². The maximum absolute atomic E-state index is 6.28. The van der Waals surface area contributed by atoms with Gasteiger partial charge in [-0.2, -0.15) is 0 Å². The highest BCUT2D eigenvalue weighted by molar-refractivity contribution is 7.19. The Morgan fingerprint density at radius 2 is 1.94 bits per heavy atom. The molecule has 3 aromatic rings. The van der Waals surface area contributed by atoms with Gasteiger partial charge in [0.25, 0.3) is 0 Å². The highest BCUT2D eigenvalue weighted by atomic mass is 32.1. The van der Waals surface area contributed by atoms with Gasteiger partial charge in [0.1, 0.15) is 11.5 Å². The maximum atomic E-state index is 6.28. The van der Waals surface area contributed by atoms with E-state index in [-0.39, 0.29) is 6.04 Å². The number of hydrogen-bond acceptors (Lipinski definition) is 3. The van der Waals surface area contributed by atoms with Crippen molar-refractivity contribution in [3.8, 4) is 0 Å². The quantitative estimate of drug-likeness (QED) is 0.748. The van der Waals surface area contributed by atoms with Gasteiger partial charge in [-0.1, -0.05) is 18.2 Å². The van der Waals surface area contributed by atoms with Crippen LogP contribution in [0.2, 0.25) is 0 Å². The van der Waals surface area contributed by atoms with E-state index in [1.54, 1.807) is 11.3 Å². The predicted molar refractivity (Wildman–Crippen MR) is 76.0 cm³/mol. The normalized spacial score (nSPS) is 13.1. The number of thiophene rings is 1. The lowest BCUT2D eigenvalue weighted by Gasteiger charge is -2.04. The first-order valence-corrected chi connectivity index (χ1v) is 6.78. The Balaban J connectivity index is 2.03. The third-order valence-electron chi connectivity index (χ3n) is 3.24. The molecule has 0 amide bonds. The minimum absolute atomic E-state index is 0.171. The maximum Gasteiger partial charge on any atom is 0.126 e. The molecule has 2 N–H and O–H groups in total. The van der Waals surface area contributed by atoms with Gasteiger partial charge in [-0.3, -0.25) is 0 Å². The molecule has 2 aromatic heterocycles. The zero-order valence-electron chi connectivity index (χ0n) is 10.4. The van der Waals surface area contributed by atoms with Crippen LogP contribution in [0, 0.1) is 13.8 Å². The van der Waals surface area contributed by atoms with Gasteiger partial charge in [0.2, 0.25) is 0 Å². The molecule has 3 rings (SSSR count). The van der Waals surface area contributed by atoms with Crippen molar-refractivity contribution in [2.45, 2.75) is 19.9 Å². The summed E-state index contributed by atoms with van der Waals surface area (Å²) in [5, 5.41) is 1.24. The smallest absolute Gasteiger partial charge is 0.126 e. The van der Waals surface area contributed by atoms with Gasteiger partial charge in [0.05, 0.1) is 6.04 Å². The van der Waals surface area contributed by atoms with Crippen molar-refractivity contribution in [2.75, 3.05) is 0 Å². The highest BCUT2D eigenvalue weighted by Gasteiger charge is 2.16. The van der Waals surface area contributed by atoms with Crippen LogP contribution in [-0.4, -0.2) is 0 Å². The van der Waals surface area contributed by atoms with Crippen molar-refractivity contribution in [3.63, 3.8) is 0 Å². The Morgan fingerprint density at radius 3 is 2.61 bits per heavy atom. The van der Waals surface area contributed by atoms with E-state index in [9.17, 15) is 0 Å². The molecular weight excluding hydrogens is 242 g/mol. The Morgan fingerprint density at radius 1 is 1.17 bits per heavy atom. The zero-order chi connectivity index (χ0) is 12.7. The second kappa shape index (κ2) is 4.26. The summed E-state index contributed by atoms with van der Waals surface area (Å²) in [5.41, 5.74) is 7.43. The molecule has 0 saturated heterocycles. The van der Waals surface area contributed by atoms with Crippen LogP contribution in [0.5, 0.6) is 0 Å². The number of furan rings is 1. The van der Waals surface area contributed by atoms with Crippen molar-refractivity contribution in [1.29, 1.82) is 0 Å². The van der Waals surface area contributed by atoms with E-state index >= 15 is 0 Å². The number of fused-ring (bicyclic) bond motifs is 1. The monoisotopic (exact) mass is 257 g/mol. The average Bonchev–Trinajstić information content (AvgIpc) is 2.93. The Labute approximate surface area is 110 Å². The predicted octanol–water partition coefficient (Wildman–Crippen LogP) is 4.16. The standard InChI is InChI=1S/C15H15NOS/c1-9-7-12(17-10(9)2)15(16)14-8-11-5-3-4-6-13(11)18-14/h3-8,15H,16H2,1-2H3. The Hall–Kier alpha value is -1.58. The molecule has 0 aliphatic carbocycles. The molecule has 1 unspecified atom stereocenters. The number of aryl methyl sites for hydroxylation is 2. The summed E-state index contributed by atoms with van der Waals surface area (Å²) in [6, 6.07) is 12.3. The second-order valence-electron chi connectivity index (χ2n) is 4.55. The van der Waals surface area contributed by atoms with E-state index in [0.29, 0.717) is 0 Å². The summed E-state index contributed by atoms with van der Waals surface area (Å²) in [6.45, 7) is 4.01. The SMILES string of the molecule is Cc1cc(C(N)c2cc3ccccc3s2)oc1C. The average molecular weight is 257 g/mol. The molecule has 0 aliphatic rings. The summed E-state index contributed by atoms with van der Waals surface area (Å²) >= 11 is 1.73. The molecule has 0 saturated carbocycles. The van der Waals surface area contributed by atoms with Gasteiger partial charge in [-0.25, -0.2) is 0 Å². The van der Waals surface area contributed by atoms with Crippen LogP contribution in [0.4, 0.5) is 0 Å². The summed E-state index contributed by atoms with van der Waals surface area (Å²) in [4.78, 5) is 1.14. The molecule has 0 fully saturated rings. The van der Waals surface area contributed by atoms with Gasteiger partial charge < -0.3 is 10.2 Å². The van der Waals surface area contributed by atoms with E-state index in [4.69, 9.17) is 10.2 Å². The van der Waals surface area contributed by atoms with Crippen LogP contribution in [0.25, 0.3) is 10.1 Å². The minimum Gasteiger partial charge on any atom is -0.464 e. The van der Waals surface area contributed by atoms with E-state index in [1.165, 1.54) is 10.1 Å². The molecular formula is C15H15NOS. The number of benzene rings is 1. The van der Waals surface area contributed by atoms with Crippen LogP contribution < -0.4 is 5.73 Å². The summed E-state index contributed by atoms with van der Waals surface area (Å²) in [6.07, 6.45) is 0. The molecule has 0 spiro atoms. The minimum atomic E-state index is -0.171. The summed E-state index contributed by atoms with van der Waals surface area (Å²) in [7, 11) is 0. The van der Waals surface area contributed by atoms with Gasteiger partial charge in [-0.15, -0.1) is 11.3 Å². The fourth-order valence-electron chi connectivity index (χ4n) is 2.05. The van der Waals surface area contributed by atoms with Crippen molar-refractivity contribution >= 4 is 21.4 Å². The number of hydrogen-bond donors (Lipinski definition) is 1. The van der Waals surface area contributed by atoms with Crippen molar-refractivity contribution < 1.29 is 4.42 Å². The van der Waals surface area contributed by atoms with Crippen LogP contribution in [0.1, 0.15) is 28.0 Å². The largest absolute Gasteiger partial charge is 0.464 e. The van der Waals surface area contributed by atoms with Gasteiger partial charge >= 0.3 is 0 Å². The van der Waals surface area contributed by atoms with E-state index in [2.05, 4.69) is 24.3 Å². The van der Waals surface area contributed by atoms with Gasteiger partial charge in [0.15, 0.2) is 0 Å². The molecule has 0 radical (unpaired) electrons. The van der Waals surface area contributed by atoms with Crippen molar-refractivity contribution in [1.82, 2.24) is 0 Å². The molecule has 92 valence electrons. The van der Waals surface area contributed by atoms with E-state index < -0.39 is 0 Å². The number of nitrogens with two attached hydrogens (primary N) is 1.